The van der Waals surface area contributed by atoms with Gasteiger partial charge in [-0.3, -0.25) is 0 Å². The Morgan fingerprint density at radius 1 is 1.44 bits per heavy atom. The minimum Gasteiger partial charge on any atom is -0.496 e. The zero-order chi connectivity index (χ0) is 13.1. The maximum Gasteiger partial charge on any atom is 0.125 e. The molecule has 1 N–H and O–H groups in total. The summed E-state index contributed by atoms with van der Waals surface area (Å²) in [7, 11) is 3.58. The number of methoxy groups -OCH3 is 1. The van der Waals surface area contributed by atoms with E-state index in [0.29, 0.717) is 5.02 Å². The van der Waals surface area contributed by atoms with Crippen LogP contribution in [0.5, 0.6) is 5.75 Å². The average molecular weight is 266 g/mol. The van der Waals surface area contributed by atoms with Gasteiger partial charge in [0.2, 0.25) is 0 Å². The highest BCUT2D eigenvalue weighted by molar-refractivity contribution is 6.30. The monoisotopic (exact) mass is 265 g/mol. The molecule has 0 saturated heterocycles. The fraction of sp³-hybridized carbons (Fsp3) is 0.308. The van der Waals surface area contributed by atoms with Crippen LogP contribution in [-0.2, 0) is 0 Å². The first-order valence-electron chi connectivity index (χ1n) is 5.72. The van der Waals surface area contributed by atoms with Crippen LogP contribution in [0.4, 0.5) is 0 Å². The van der Waals surface area contributed by atoms with Crippen LogP contribution in [0, 0.1) is 0 Å². The molecule has 0 saturated carbocycles. The molecular formula is C13H16ClN3O. The highest BCUT2D eigenvalue weighted by Crippen LogP contribution is 2.31. The van der Waals surface area contributed by atoms with Crippen LogP contribution in [0.15, 0.2) is 30.6 Å². The van der Waals surface area contributed by atoms with E-state index in [1.54, 1.807) is 24.2 Å². The molecule has 1 aromatic heterocycles. The molecule has 18 heavy (non-hydrogen) atoms. The minimum absolute atomic E-state index is 0.152. The van der Waals surface area contributed by atoms with Gasteiger partial charge in [0.25, 0.3) is 0 Å². The average Bonchev–Trinajstić information content (AvgIpc) is 2.83. The first-order valence-corrected chi connectivity index (χ1v) is 6.10. The fourth-order valence-electron chi connectivity index (χ4n) is 1.92. The van der Waals surface area contributed by atoms with Crippen molar-refractivity contribution in [1.82, 2.24) is 15.1 Å². The van der Waals surface area contributed by atoms with Crippen molar-refractivity contribution in [2.24, 2.45) is 0 Å². The molecule has 1 atom stereocenters. The normalized spacial score (nSPS) is 12.4. The molecule has 0 spiro atoms. The fourth-order valence-corrected chi connectivity index (χ4v) is 2.06. The molecule has 0 aliphatic rings. The van der Waals surface area contributed by atoms with Gasteiger partial charge in [-0.1, -0.05) is 17.7 Å². The molecule has 1 aromatic carbocycles. The Morgan fingerprint density at radius 3 is 2.78 bits per heavy atom. The van der Waals surface area contributed by atoms with E-state index in [9.17, 15) is 0 Å². The van der Waals surface area contributed by atoms with E-state index in [2.05, 4.69) is 17.3 Å². The van der Waals surface area contributed by atoms with E-state index < -0.39 is 0 Å². The molecule has 96 valence electrons. The zero-order valence-electron chi connectivity index (χ0n) is 10.6. The SMILES string of the molecule is CNC(C)c1c(OC)cccc1-n1cc(Cl)cn1. The van der Waals surface area contributed by atoms with E-state index in [-0.39, 0.29) is 6.04 Å². The summed E-state index contributed by atoms with van der Waals surface area (Å²) in [6.45, 7) is 2.08. The van der Waals surface area contributed by atoms with Crippen molar-refractivity contribution in [3.8, 4) is 11.4 Å². The number of rotatable bonds is 4. The summed E-state index contributed by atoms with van der Waals surface area (Å²) in [5.41, 5.74) is 2.02. The van der Waals surface area contributed by atoms with Gasteiger partial charge in [-0.15, -0.1) is 0 Å². The van der Waals surface area contributed by atoms with E-state index in [4.69, 9.17) is 16.3 Å². The largest absolute Gasteiger partial charge is 0.496 e. The lowest BCUT2D eigenvalue weighted by Gasteiger charge is -2.19. The molecule has 1 heterocycles. The van der Waals surface area contributed by atoms with Crippen molar-refractivity contribution in [3.05, 3.63) is 41.2 Å². The summed E-state index contributed by atoms with van der Waals surface area (Å²) in [6, 6.07) is 6.03. The maximum absolute atomic E-state index is 5.92. The lowest BCUT2D eigenvalue weighted by Crippen LogP contribution is -2.16. The first kappa shape index (κ1) is 12.9. The number of aromatic nitrogens is 2. The van der Waals surface area contributed by atoms with Gasteiger partial charge in [0.1, 0.15) is 5.75 Å². The summed E-state index contributed by atoms with van der Waals surface area (Å²) in [4.78, 5) is 0. The predicted octanol–water partition coefficient (Wildman–Crippen LogP) is 2.81. The van der Waals surface area contributed by atoms with E-state index in [1.807, 2.05) is 25.2 Å². The molecule has 4 nitrogen and oxygen atoms in total. The number of hydrogen-bond acceptors (Lipinski definition) is 3. The minimum atomic E-state index is 0.152. The third kappa shape index (κ3) is 2.35. The van der Waals surface area contributed by atoms with Crippen molar-refractivity contribution in [2.75, 3.05) is 14.2 Å². The molecular weight excluding hydrogens is 250 g/mol. The van der Waals surface area contributed by atoms with Crippen molar-refractivity contribution in [2.45, 2.75) is 13.0 Å². The lowest BCUT2D eigenvalue weighted by atomic mass is 10.0. The maximum atomic E-state index is 5.92. The van der Waals surface area contributed by atoms with Gasteiger partial charge >= 0.3 is 0 Å². The Morgan fingerprint density at radius 2 is 2.22 bits per heavy atom. The van der Waals surface area contributed by atoms with Crippen LogP contribution in [-0.4, -0.2) is 23.9 Å². The number of benzene rings is 1. The van der Waals surface area contributed by atoms with Crippen molar-refractivity contribution in [1.29, 1.82) is 0 Å². The van der Waals surface area contributed by atoms with E-state index in [0.717, 1.165) is 17.0 Å². The Labute approximate surface area is 112 Å². The number of nitrogens with zero attached hydrogens (tertiary/aromatic N) is 2. The third-order valence-electron chi connectivity index (χ3n) is 2.93. The van der Waals surface area contributed by atoms with Crippen LogP contribution in [0.3, 0.4) is 0 Å². The van der Waals surface area contributed by atoms with Gasteiger partial charge in [0, 0.05) is 17.8 Å². The Hall–Kier alpha value is -1.52. The van der Waals surface area contributed by atoms with Crippen LogP contribution < -0.4 is 10.1 Å². The third-order valence-corrected chi connectivity index (χ3v) is 3.12. The molecule has 0 fully saturated rings. The molecule has 2 rings (SSSR count). The highest BCUT2D eigenvalue weighted by atomic mass is 35.5. The predicted molar refractivity (Wildman–Crippen MR) is 72.6 cm³/mol. The summed E-state index contributed by atoms with van der Waals surface area (Å²) >= 11 is 5.92. The van der Waals surface area contributed by atoms with Crippen molar-refractivity contribution >= 4 is 11.6 Å². The van der Waals surface area contributed by atoms with Gasteiger partial charge in [-0.25, -0.2) is 4.68 Å². The second-order valence-electron chi connectivity index (χ2n) is 4.01. The quantitative estimate of drug-likeness (QED) is 0.924. The topological polar surface area (TPSA) is 39.1 Å². The summed E-state index contributed by atoms with van der Waals surface area (Å²) in [5.74, 6) is 0.834. The number of nitrogens with one attached hydrogen (secondary N) is 1. The van der Waals surface area contributed by atoms with Gasteiger partial charge in [-0.2, -0.15) is 5.10 Å². The molecule has 5 heteroatoms. The van der Waals surface area contributed by atoms with Crippen LogP contribution in [0.25, 0.3) is 5.69 Å². The van der Waals surface area contributed by atoms with E-state index in [1.165, 1.54) is 0 Å². The van der Waals surface area contributed by atoms with Crippen LogP contribution in [0.2, 0.25) is 5.02 Å². The van der Waals surface area contributed by atoms with Gasteiger partial charge in [-0.05, 0) is 26.1 Å². The number of ether oxygens (including phenoxy) is 1. The second kappa shape index (κ2) is 5.42. The molecule has 1 unspecified atom stereocenters. The van der Waals surface area contributed by atoms with Crippen molar-refractivity contribution in [3.63, 3.8) is 0 Å². The molecule has 0 aliphatic heterocycles. The number of halogens is 1. The smallest absolute Gasteiger partial charge is 0.125 e. The van der Waals surface area contributed by atoms with Crippen molar-refractivity contribution < 1.29 is 4.74 Å². The Bertz CT molecular complexity index is 539. The van der Waals surface area contributed by atoms with Crippen LogP contribution in [0.1, 0.15) is 18.5 Å². The zero-order valence-corrected chi connectivity index (χ0v) is 11.4. The van der Waals surface area contributed by atoms with E-state index >= 15 is 0 Å². The Balaban J connectivity index is 2.59. The molecule has 2 aromatic rings. The summed E-state index contributed by atoms with van der Waals surface area (Å²) in [6.07, 6.45) is 3.40. The molecule has 0 radical (unpaired) electrons. The Kier molecular flexibility index (Phi) is 3.89. The highest BCUT2D eigenvalue weighted by Gasteiger charge is 2.16. The number of hydrogen-bond donors (Lipinski definition) is 1. The summed E-state index contributed by atoms with van der Waals surface area (Å²) < 4.78 is 7.18. The molecule has 0 amide bonds. The van der Waals surface area contributed by atoms with Gasteiger partial charge < -0.3 is 10.1 Å². The lowest BCUT2D eigenvalue weighted by molar-refractivity contribution is 0.403. The van der Waals surface area contributed by atoms with Crippen LogP contribution >= 0.6 is 11.6 Å². The molecule has 0 bridgehead atoms. The second-order valence-corrected chi connectivity index (χ2v) is 4.44. The van der Waals surface area contributed by atoms with Gasteiger partial charge in [0.15, 0.2) is 0 Å². The molecule has 0 aliphatic carbocycles. The summed E-state index contributed by atoms with van der Waals surface area (Å²) in [5, 5.41) is 8.07. The first-order chi connectivity index (χ1) is 8.67. The van der Waals surface area contributed by atoms with Gasteiger partial charge in [0.05, 0.1) is 24.0 Å². The standard InChI is InChI=1S/C13H16ClN3O/c1-9(15-2)13-11(5-4-6-12(13)18-3)17-8-10(14)7-16-17/h4-9,15H,1-3H3.